The molecule has 1 aromatic heterocycles. The highest BCUT2D eigenvalue weighted by Crippen LogP contribution is 2.42. The number of nitrogens with one attached hydrogen (secondary N) is 1. The highest BCUT2D eigenvalue weighted by atomic mass is 32.1. The van der Waals surface area contributed by atoms with Crippen LogP contribution >= 0.6 is 11.3 Å². The van der Waals surface area contributed by atoms with E-state index in [1.54, 1.807) is 0 Å². The standard InChI is InChI=1S/C14H24N2S/c1-4-6-13-16-14(11-7-8-11)12(17-13)9-15-10(3)5-2/h10-11,15H,4-9H2,1-3H3. The lowest BCUT2D eigenvalue weighted by atomic mass is 10.2. The molecule has 0 aromatic carbocycles. The van der Waals surface area contributed by atoms with Crippen molar-refractivity contribution in [3.05, 3.63) is 15.6 Å². The molecule has 0 spiro atoms. The fraction of sp³-hybridized carbons (Fsp3) is 0.786. The van der Waals surface area contributed by atoms with Gasteiger partial charge >= 0.3 is 0 Å². The van der Waals surface area contributed by atoms with E-state index in [4.69, 9.17) is 4.98 Å². The van der Waals surface area contributed by atoms with E-state index >= 15 is 0 Å². The summed E-state index contributed by atoms with van der Waals surface area (Å²) < 4.78 is 0. The first-order valence-corrected chi connectivity index (χ1v) is 7.78. The Balaban J connectivity index is 2.02. The van der Waals surface area contributed by atoms with E-state index in [2.05, 4.69) is 26.1 Å². The van der Waals surface area contributed by atoms with Crippen molar-refractivity contribution < 1.29 is 0 Å². The predicted molar refractivity (Wildman–Crippen MR) is 74.7 cm³/mol. The first kappa shape index (κ1) is 13.0. The second kappa shape index (κ2) is 5.96. The lowest BCUT2D eigenvalue weighted by Crippen LogP contribution is -2.24. The Hall–Kier alpha value is -0.410. The molecular weight excluding hydrogens is 228 g/mol. The first-order valence-electron chi connectivity index (χ1n) is 6.96. The topological polar surface area (TPSA) is 24.9 Å². The van der Waals surface area contributed by atoms with Crippen LogP contribution in [0.25, 0.3) is 0 Å². The summed E-state index contributed by atoms with van der Waals surface area (Å²) in [6.07, 6.45) is 6.25. The maximum absolute atomic E-state index is 4.84. The fourth-order valence-electron chi connectivity index (χ4n) is 1.95. The predicted octanol–water partition coefficient (Wildman–Crippen LogP) is 3.86. The number of nitrogens with zero attached hydrogens (tertiary/aromatic N) is 1. The van der Waals surface area contributed by atoms with E-state index in [0.29, 0.717) is 6.04 Å². The minimum atomic E-state index is 0.610. The van der Waals surface area contributed by atoms with Gasteiger partial charge in [0.2, 0.25) is 0 Å². The quantitative estimate of drug-likeness (QED) is 0.797. The monoisotopic (exact) mass is 252 g/mol. The van der Waals surface area contributed by atoms with Crippen molar-refractivity contribution in [2.45, 2.75) is 71.4 Å². The van der Waals surface area contributed by atoms with E-state index in [1.165, 1.54) is 41.3 Å². The Bertz CT molecular complexity index is 355. The molecule has 1 heterocycles. The molecule has 0 saturated heterocycles. The van der Waals surface area contributed by atoms with Gasteiger partial charge in [0, 0.05) is 23.4 Å². The molecule has 0 bridgehead atoms. The summed E-state index contributed by atoms with van der Waals surface area (Å²) in [5.41, 5.74) is 1.41. The molecule has 2 nitrogen and oxygen atoms in total. The van der Waals surface area contributed by atoms with Crippen molar-refractivity contribution >= 4 is 11.3 Å². The number of hydrogen-bond acceptors (Lipinski definition) is 3. The molecule has 1 saturated carbocycles. The SMILES string of the molecule is CCCc1nc(C2CC2)c(CNC(C)CC)s1. The van der Waals surface area contributed by atoms with Gasteiger partial charge in [-0.1, -0.05) is 13.8 Å². The lowest BCUT2D eigenvalue weighted by molar-refractivity contribution is 0.535. The lowest BCUT2D eigenvalue weighted by Gasteiger charge is -2.10. The zero-order chi connectivity index (χ0) is 12.3. The Labute approximate surface area is 109 Å². The van der Waals surface area contributed by atoms with E-state index < -0.39 is 0 Å². The Morgan fingerprint density at radius 2 is 2.18 bits per heavy atom. The second-order valence-electron chi connectivity index (χ2n) is 5.13. The van der Waals surface area contributed by atoms with Crippen LogP contribution in [0.15, 0.2) is 0 Å². The molecule has 1 unspecified atom stereocenters. The Kier molecular flexibility index (Phi) is 4.57. The molecule has 17 heavy (non-hydrogen) atoms. The minimum Gasteiger partial charge on any atom is -0.309 e. The molecule has 1 aliphatic rings. The molecule has 1 aromatic rings. The van der Waals surface area contributed by atoms with Gasteiger partial charge in [0.15, 0.2) is 0 Å². The summed E-state index contributed by atoms with van der Waals surface area (Å²) >= 11 is 1.93. The zero-order valence-corrected chi connectivity index (χ0v) is 12.1. The molecule has 1 atom stereocenters. The van der Waals surface area contributed by atoms with Crippen molar-refractivity contribution in [3.63, 3.8) is 0 Å². The van der Waals surface area contributed by atoms with Gasteiger partial charge in [-0.2, -0.15) is 0 Å². The summed E-state index contributed by atoms with van der Waals surface area (Å²) in [5.74, 6) is 0.783. The minimum absolute atomic E-state index is 0.610. The van der Waals surface area contributed by atoms with Crippen molar-refractivity contribution in [3.8, 4) is 0 Å². The van der Waals surface area contributed by atoms with Crippen molar-refractivity contribution in [2.24, 2.45) is 0 Å². The highest BCUT2D eigenvalue weighted by molar-refractivity contribution is 7.11. The molecule has 96 valence electrons. The molecule has 1 N–H and O–H groups in total. The van der Waals surface area contributed by atoms with Gasteiger partial charge in [0.25, 0.3) is 0 Å². The highest BCUT2D eigenvalue weighted by Gasteiger charge is 2.29. The zero-order valence-electron chi connectivity index (χ0n) is 11.3. The number of hydrogen-bond donors (Lipinski definition) is 1. The molecular formula is C14H24N2S. The van der Waals surface area contributed by atoms with Gasteiger partial charge in [-0.3, -0.25) is 0 Å². The third kappa shape index (κ3) is 3.52. The number of aromatic nitrogens is 1. The van der Waals surface area contributed by atoms with Gasteiger partial charge in [-0.15, -0.1) is 11.3 Å². The van der Waals surface area contributed by atoms with Crippen molar-refractivity contribution in [1.29, 1.82) is 0 Å². The maximum Gasteiger partial charge on any atom is 0.0931 e. The average molecular weight is 252 g/mol. The summed E-state index contributed by atoms with van der Waals surface area (Å²) in [4.78, 5) is 6.34. The molecule has 1 aliphatic carbocycles. The summed E-state index contributed by atoms with van der Waals surface area (Å²) in [5, 5.41) is 4.94. The van der Waals surface area contributed by atoms with Crippen LogP contribution < -0.4 is 5.32 Å². The molecule has 0 aliphatic heterocycles. The van der Waals surface area contributed by atoms with Crippen molar-refractivity contribution in [2.75, 3.05) is 0 Å². The third-order valence-corrected chi connectivity index (χ3v) is 4.55. The molecule has 2 rings (SSSR count). The van der Waals surface area contributed by atoms with Gasteiger partial charge in [0.1, 0.15) is 0 Å². The molecule has 0 radical (unpaired) electrons. The summed E-state index contributed by atoms with van der Waals surface area (Å²) in [7, 11) is 0. The van der Waals surface area contributed by atoms with Crippen molar-refractivity contribution in [1.82, 2.24) is 10.3 Å². The van der Waals surface area contributed by atoms with Crippen LogP contribution in [-0.2, 0) is 13.0 Å². The largest absolute Gasteiger partial charge is 0.309 e. The molecule has 0 amide bonds. The van der Waals surface area contributed by atoms with Crippen LogP contribution in [0.4, 0.5) is 0 Å². The van der Waals surface area contributed by atoms with Gasteiger partial charge in [0.05, 0.1) is 10.7 Å². The van der Waals surface area contributed by atoms with E-state index in [9.17, 15) is 0 Å². The first-order chi connectivity index (χ1) is 8.24. The fourth-order valence-corrected chi connectivity index (χ4v) is 3.16. The molecule has 1 fully saturated rings. The van der Waals surface area contributed by atoms with Crippen LogP contribution in [0.1, 0.15) is 68.0 Å². The van der Waals surface area contributed by atoms with Crippen LogP contribution in [0.5, 0.6) is 0 Å². The smallest absolute Gasteiger partial charge is 0.0931 e. The summed E-state index contributed by atoms with van der Waals surface area (Å²) in [6.45, 7) is 7.73. The second-order valence-corrected chi connectivity index (χ2v) is 6.30. The molecule has 3 heteroatoms. The Morgan fingerprint density at radius 1 is 1.41 bits per heavy atom. The van der Waals surface area contributed by atoms with Crippen LogP contribution in [0.2, 0.25) is 0 Å². The van der Waals surface area contributed by atoms with E-state index in [-0.39, 0.29) is 0 Å². The summed E-state index contributed by atoms with van der Waals surface area (Å²) in [6, 6.07) is 0.610. The van der Waals surface area contributed by atoms with Crippen LogP contribution in [-0.4, -0.2) is 11.0 Å². The third-order valence-electron chi connectivity index (χ3n) is 3.42. The van der Waals surface area contributed by atoms with E-state index in [0.717, 1.165) is 18.9 Å². The van der Waals surface area contributed by atoms with Crippen LogP contribution in [0, 0.1) is 0 Å². The maximum atomic E-state index is 4.84. The number of aryl methyl sites for hydroxylation is 1. The van der Waals surface area contributed by atoms with Gasteiger partial charge in [-0.25, -0.2) is 4.98 Å². The normalized spacial score (nSPS) is 17.4. The average Bonchev–Trinajstić information content (AvgIpc) is 3.09. The van der Waals surface area contributed by atoms with Gasteiger partial charge < -0.3 is 5.32 Å². The van der Waals surface area contributed by atoms with Crippen LogP contribution in [0.3, 0.4) is 0 Å². The number of rotatable bonds is 7. The Morgan fingerprint density at radius 3 is 2.76 bits per heavy atom. The van der Waals surface area contributed by atoms with E-state index in [1.807, 2.05) is 11.3 Å². The number of thiazole rings is 1. The van der Waals surface area contributed by atoms with Gasteiger partial charge in [-0.05, 0) is 39.0 Å².